The number of carbonyl (C=O) groups excluding carboxylic acids is 6. The highest BCUT2D eigenvalue weighted by Gasteiger charge is 2.62. The van der Waals surface area contributed by atoms with E-state index in [1.165, 1.54) is 19.1 Å². The maximum absolute atomic E-state index is 13.1. The first-order valence-corrected chi connectivity index (χ1v) is 20.8. The lowest BCUT2D eigenvalue weighted by Crippen LogP contribution is -2.44. The van der Waals surface area contributed by atoms with Gasteiger partial charge in [-0.25, -0.2) is 0 Å². The van der Waals surface area contributed by atoms with Crippen molar-refractivity contribution < 1.29 is 48.5 Å². The fourth-order valence-electron chi connectivity index (χ4n) is 9.12. The molecule has 0 bridgehead atoms. The Morgan fingerprint density at radius 1 is 0.964 bits per heavy atom. The summed E-state index contributed by atoms with van der Waals surface area (Å²) < 4.78 is 9.89. The number of rotatable bonds is 13. The second kappa shape index (κ2) is 20.2. The summed E-state index contributed by atoms with van der Waals surface area (Å²) >= 11 is 0. The van der Waals surface area contributed by atoms with Crippen LogP contribution in [0.2, 0.25) is 0 Å². The highest BCUT2D eigenvalue weighted by atomic mass is 16.5. The number of unbranched alkanes of at least 4 members (excludes halogenated alkanes) is 3. The van der Waals surface area contributed by atoms with Crippen molar-refractivity contribution in [2.45, 2.75) is 141 Å². The number of hydrogen-bond donors (Lipinski definition) is 2. The van der Waals surface area contributed by atoms with Gasteiger partial charge in [0, 0.05) is 50.6 Å². The van der Waals surface area contributed by atoms with Crippen molar-refractivity contribution >= 4 is 35.3 Å². The number of allylic oxidation sites excluding steroid dienone is 4. The van der Waals surface area contributed by atoms with E-state index < -0.39 is 41.1 Å². The molecule has 0 aromatic rings. The first-order valence-electron chi connectivity index (χ1n) is 20.8. The van der Waals surface area contributed by atoms with E-state index in [0.29, 0.717) is 12.8 Å². The Labute approximate surface area is 333 Å². The summed E-state index contributed by atoms with van der Waals surface area (Å²) in [7, 11) is 2.67. The van der Waals surface area contributed by atoms with Gasteiger partial charge in [-0.05, 0) is 63.2 Å². The van der Waals surface area contributed by atoms with Crippen LogP contribution in [0.3, 0.4) is 0 Å². The molecule has 5 aliphatic rings. The number of likely N-dealkylation sites (tertiary alicyclic amines) is 1. The lowest BCUT2D eigenvalue weighted by atomic mass is 9.91. The molecular formula is C44H66N2O10. The van der Waals surface area contributed by atoms with Crippen LogP contribution in [0.1, 0.15) is 117 Å². The summed E-state index contributed by atoms with van der Waals surface area (Å²) in [5.41, 5.74) is -1.65. The average Bonchev–Trinajstić information content (AvgIpc) is 3.97. The van der Waals surface area contributed by atoms with Gasteiger partial charge in [0.2, 0.25) is 11.8 Å². The van der Waals surface area contributed by atoms with Gasteiger partial charge in [0.1, 0.15) is 0 Å². The molecule has 0 spiro atoms. The molecule has 2 N–H and O–H groups in total. The molecule has 5 rings (SSSR count). The fourth-order valence-corrected chi connectivity index (χ4v) is 9.12. The van der Waals surface area contributed by atoms with Crippen LogP contribution >= 0.6 is 0 Å². The largest absolute Gasteiger partial charge is 0.469 e. The van der Waals surface area contributed by atoms with E-state index in [9.17, 15) is 39.0 Å². The number of fused-ring (bicyclic) bond motifs is 2. The second-order valence-electron chi connectivity index (χ2n) is 17.0. The van der Waals surface area contributed by atoms with Crippen LogP contribution in [0.4, 0.5) is 0 Å². The number of nitrogens with zero attached hydrogens (tertiary/aromatic N) is 2. The minimum atomic E-state index is -0.855. The van der Waals surface area contributed by atoms with Crippen molar-refractivity contribution in [3.05, 3.63) is 37.5 Å². The number of hydrogen-bond acceptors (Lipinski definition) is 10. The van der Waals surface area contributed by atoms with E-state index >= 15 is 0 Å². The third-order valence-electron chi connectivity index (χ3n) is 12.8. The zero-order valence-electron chi connectivity index (χ0n) is 34.1. The summed E-state index contributed by atoms with van der Waals surface area (Å²) in [6.07, 6.45) is 17.7. The number of aliphatic hydroxyl groups is 2. The van der Waals surface area contributed by atoms with Gasteiger partial charge in [-0.15, -0.1) is 13.2 Å². The number of carbonyl (C=O) groups is 6. The highest BCUT2D eigenvalue weighted by Crippen LogP contribution is 2.58. The third-order valence-corrected chi connectivity index (χ3v) is 12.8. The molecule has 12 heteroatoms. The molecule has 0 aromatic heterocycles. The molecule has 2 saturated carbocycles. The Morgan fingerprint density at radius 3 is 2.34 bits per heavy atom. The number of aliphatic hydroxyl groups excluding tert-OH is 2. The molecule has 56 heavy (non-hydrogen) atoms. The topological polar surface area (TPSA) is 168 Å². The molecule has 2 unspecified atom stereocenters. The number of Topliss-reactive ketones (excluding diaryl/α,β-unsaturated/α-hetero) is 2. The molecule has 3 aliphatic heterocycles. The Balaban J connectivity index is 0.000000249. The smallest absolute Gasteiger partial charge is 0.312 e. The first kappa shape index (κ1) is 45.1. The predicted molar refractivity (Wildman–Crippen MR) is 211 cm³/mol. The van der Waals surface area contributed by atoms with E-state index in [2.05, 4.69) is 25.3 Å². The summed E-state index contributed by atoms with van der Waals surface area (Å²) in [4.78, 5) is 79.7. The maximum atomic E-state index is 13.1. The van der Waals surface area contributed by atoms with Crippen molar-refractivity contribution in [1.82, 2.24) is 9.80 Å². The van der Waals surface area contributed by atoms with Gasteiger partial charge in [0.05, 0.1) is 49.3 Å². The van der Waals surface area contributed by atoms with Crippen LogP contribution in [0.15, 0.2) is 37.5 Å². The molecule has 312 valence electrons. The third kappa shape index (κ3) is 10.6. The van der Waals surface area contributed by atoms with E-state index in [0.717, 1.165) is 64.2 Å². The minimum absolute atomic E-state index is 0.0213. The SMILES string of the molecule is C=CCCCCC[C@H](C)C(=O)N1C[C@H](O)C[C@H]1C(=O)CC1(C(=O)OC)C[C@H]1C=C.COC(=O)C12CC(=O)[C@@H]3C[C@@H](O)CN3C(=O)[C@@H](C)CCCCC/C=C\[C@@H]1C2. The lowest BCUT2D eigenvalue weighted by molar-refractivity contribution is -0.150. The summed E-state index contributed by atoms with van der Waals surface area (Å²) in [6.45, 7) is 11.6. The molecule has 3 heterocycles. The number of ether oxygens (including phenoxy) is 2. The quantitative estimate of drug-likeness (QED) is 0.142. The van der Waals surface area contributed by atoms with Gasteiger partial charge in [-0.2, -0.15) is 0 Å². The van der Waals surface area contributed by atoms with Crippen LogP contribution in [0.25, 0.3) is 0 Å². The number of esters is 2. The Morgan fingerprint density at radius 2 is 1.68 bits per heavy atom. The van der Waals surface area contributed by atoms with Gasteiger partial charge < -0.3 is 29.5 Å². The molecule has 4 fully saturated rings. The van der Waals surface area contributed by atoms with Crippen LogP contribution in [0.5, 0.6) is 0 Å². The summed E-state index contributed by atoms with van der Waals surface area (Å²) in [6, 6.07) is -1.31. The van der Waals surface area contributed by atoms with Crippen molar-refractivity contribution in [2.24, 2.45) is 34.5 Å². The van der Waals surface area contributed by atoms with Gasteiger partial charge in [-0.1, -0.05) is 63.8 Å². The molecule has 2 saturated heterocycles. The van der Waals surface area contributed by atoms with Crippen molar-refractivity contribution in [2.75, 3.05) is 27.3 Å². The standard InChI is InChI=1S/C23H35NO5.C21H31NO5/c1-5-7-8-9-10-11-16(3)21(27)24-15-18(25)12-19(24)20(26)14-23(22(28)29-4)13-17(23)6-2;1-14-8-6-4-3-5-7-9-15-11-21(15,20(26)27-2)12-18(24)17-10-16(23)13-22(17)19(14)25/h5-6,16-19,25H,1-2,7-15H2,3-4H3;7,9,14-17,23H,3-6,8,10-13H2,1-2H3/b;9-7-/t16-,17+,18+,19-,23?;14-,15+,16+,17-,21?/m00/s1. The number of amides is 2. The van der Waals surface area contributed by atoms with Crippen LogP contribution in [0, 0.1) is 34.5 Å². The van der Waals surface area contributed by atoms with E-state index in [1.807, 2.05) is 19.9 Å². The summed E-state index contributed by atoms with van der Waals surface area (Å²) in [5, 5.41) is 20.2. The first-order chi connectivity index (χ1) is 26.7. The Kier molecular flexibility index (Phi) is 16.2. The molecule has 0 radical (unpaired) electrons. The number of ketones is 2. The number of methoxy groups -OCH3 is 2. The van der Waals surface area contributed by atoms with E-state index in [-0.39, 0.29) is 91.8 Å². The van der Waals surface area contributed by atoms with Gasteiger partial charge in [0.25, 0.3) is 0 Å². The molecule has 12 nitrogen and oxygen atoms in total. The zero-order valence-corrected chi connectivity index (χ0v) is 34.1. The van der Waals surface area contributed by atoms with Crippen LogP contribution < -0.4 is 0 Å². The fraction of sp³-hybridized carbons (Fsp3) is 0.727. The van der Waals surface area contributed by atoms with Crippen molar-refractivity contribution in [1.29, 1.82) is 0 Å². The molecule has 2 aliphatic carbocycles. The highest BCUT2D eigenvalue weighted by molar-refractivity contribution is 5.96. The van der Waals surface area contributed by atoms with Gasteiger partial charge >= 0.3 is 11.9 Å². The van der Waals surface area contributed by atoms with Crippen molar-refractivity contribution in [3.8, 4) is 0 Å². The monoisotopic (exact) mass is 782 g/mol. The van der Waals surface area contributed by atoms with E-state index in [1.54, 1.807) is 11.0 Å². The average molecular weight is 783 g/mol. The normalized spacial score (nSPS) is 33.9. The van der Waals surface area contributed by atoms with Crippen LogP contribution in [-0.2, 0) is 38.2 Å². The number of β-amino-alcohol motifs (C(OH)–C–C–N with tert-alkyl or cyclic N) is 1. The Hall–Kier alpha value is -3.64. The lowest BCUT2D eigenvalue weighted by Gasteiger charge is -2.27. The summed E-state index contributed by atoms with van der Waals surface area (Å²) in [5.74, 6) is -1.63. The van der Waals surface area contributed by atoms with Crippen molar-refractivity contribution in [3.63, 3.8) is 0 Å². The molecular weight excluding hydrogens is 716 g/mol. The predicted octanol–water partition coefficient (Wildman–Crippen LogP) is 5.29. The molecule has 2 amide bonds. The van der Waals surface area contributed by atoms with Gasteiger partial charge in [-0.3, -0.25) is 28.8 Å². The maximum Gasteiger partial charge on any atom is 0.312 e. The minimum Gasteiger partial charge on any atom is -0.469 e. The van der Waals surface area contributed by atoms with Gasteiger partial charge in [0.15, 0.2) is 11.6 Å². The van der Waals surface area contributed by atoms with Crippen LogP contribution in [-0.4, -0.2) is 107 Å². The molecule has 0 aromatic carbocycles. The Bertz CT molecular complexity index is 1490. The zero-order chi connectivity index (χ0) is 41.2. The second-order valence-corrected chi connectivity index (χ2v) is 17.0. The molecule has 10 atom stereocenters. The van der Waals surface area contributed by atoms with E-state index in [4.69, 9.17) is 9.47 Å².